The third-order valence-corrected chi connectivity index (χ3v) is 4.70. The number of amides is 1. The predicted octanol–water partition coefficient (Wildman–Crippen LogP) is 3.08. The molecule has 1 amide bonds. The maximum Gasteiger partial charge on any atom is 0.337 e. The highest BCUT2D eigenvalue weighted by atomic mass is 16.5. The topological polar surface area (TPSA) is 89.0 Å². The number of benzene rings is 1. The number of fused-ring (bicyclic) bond motifs is 1. The van der Waals surface area contributed by atoms with E-state index in [0.29, 0.717) is 44.2 Å². The average molecular weight is 384 g/mol. The van der Waals surface area contributed by atoms with Gasteiger partial charge < -0.3 is 19.5 Å². The van der Waals surface area contributed by atoms with Crippen LogP contribution in [0.5, 0.6) is 11.5 Å². The Morgan fingerprint density at radius 2 is 1.75 bits per heavy atom. The zero-order chi connectivity index (χ0) is 20.3. The fourth-order valence-electron chi connectivity index (χ4n) is 3.34. The van der Waals surface area contributed by atoms with E-state index in [1.807, 2.05) is 26.0 Å². The van der Waals surface area contributed by atoms with E-state index in [1.54, 1.807) is 11.8 Å². The molecule has 148 valence electrons. The third-order valence-electron chi connectivity index (χ3n) is 4.70. The fraction of sp³-hybridized carbons (Fsp3) is 0.381. The van der Waals surface area contributed by atoms with Gasteiger partial charge in [0.1, 0.15) is 5.69 Å². The second-order valence-electron chi connectivity index (χ2n) is 6.55. The van der Waals surface area contributed by atoms with Gasteiger partial charge in [0, 0.05) is 13.1 Å². The van der Waals surface area contributed by atoms with Crippen LogP contribution in [-0.2, 0) is 13.0 Å². The largest absolute Gasteiger partial charge is 0.490 e. The van der Waals surface area contributed by atoms with Crippen LogP contribution in [0.25, 0.3) is 0 Å². The van der Waals surface area contributed by atoms with Crippen LogP contribution in [0.15, 0.2) is 24.3 Å². The fourth-order valence-corrected chi connectivity index (χ4v) is 3.34. The molecule has 0 spiro atoms. The van der Waals surface area contributed by atoms with Gasteiger partial charge in [0.15, 0.2) is 11.5 Å². The summed E-state index contributed by atoms with van der Waals surface area (Å²) < 4.78 is 11.4. The van der Waals surface area contributed by atoms with Gasteiger partial charge in [-0.1, -0.05) is 0 Å². The van der Waals surface area contributed by atoms with Crippen LogP contribution in [0.3, 0.4) is 0 Å². The molecule has 28 heavy (non-hydrogen) atoms. The monoisotopic (exact) mass is 384 g/mol. The van der Waals surface area contributed by atoms with Crippen molar-refractivity contribution in [2.24, 2.45) is 0 Å². The molecule has 0 unspecified atom stereocenters. The number of aryl methyl sites for hydroxylation is 1. The minimum absolute atomic E-state index is 0.102. The number of rotatable bonds is 6. The summed E-state index contributed by atoms with van der Waals surface area (Å²) in [4.78, 5) is 29.9. The standard InChI is InChI=1S/C21H24N2O5/c1-4-27-18-10-14-8-9-23(12-15(14)11-19(18)28-5-2)20(24)17-7-6-16(21(25)26)13(3)22-17/h6-7,10-11H,4-5,8-9,12H2,1-3H3,(H,25,26). The van der Waals surface area contributed by atoms with Crippen LogP contribution in [0.4, 0.5) is 0 Å². The minimum Gasteiger partial charge on any atom is -0.490 e. The van der Waals surface area contributed by atoms with Crippen molar-refractivity contribution in [1.82, 2.24) is 9.88 Å². The molecular weight excluding hydrogens is 360 g/mol. The second kappa shape index (κ2) is 8.29. The molecule has 1 aliphatic heterocycles. The summed E-state index contributed by atoms with van der Waals surface area (Å²) in [6, 6.07) is 6.83. The molecule has 1 aliphatic rings. The van der Waals surface area contributed by atoms with Crippen molar-refractivity contribution >= 4 is 11.9 Å². The summed E-state index contributed by atoms with van der Waals surface area (Å²) in [5.74, 6) is 0.142. The number of carbonyl (C=O) groups is 2. The number of hydrogen-bond acceptors (Lipinski definition) is 5. The highest BCUT2D eigenvalue weighted by Gasteiger charge is 2.25. The molecular formula is C21H24N2O5. The van der Waals surface area contributed by atoms with Crippen molar-refractivity contribution in [2.45, 2.75) is 33.7 Å². The van der Waals surface area contributed by atoms with E-state index in [2.05, 4.69) is 4.98 Å². The van der Waals surface area contributed by atoms with E-state index in [1.165, 1.54) is 12.1 Å². The Bertz CT molecular complexity index is 910. The predicted molar refractivity (Wildman–Crippen MR) is 103 cm³/mol. The number of aromatic nitrogens is 1. The minimum atomic E-state index is -1.05. The lowest BCUT2D eigenvalue weighted by Crippen LogP contribution is -2.36. The van der Waals surface area contributed by atoms with E-state index in [0.717, 1.165) is 16.9 Å². The number of aromatic carboxylic acids is 1. The number of carbonyl (C=O) groups excluding carboxylic acids is 1. The first-order valence-corrected chi connectivity index (χ1v) is 9.36. The quantitative estimate of drug-likeness (QED) is 0.823. The van der Waals surface area contributed by atoms with Gasteiger partial charge in [-0.05, 0) is 62.6 Å². The van der Waals surface area contributed by atoms with Crippen LogP contribution >= 0.6 is 0 Å². The van der Waals surface area contributed by atoms with E-state index in [4.69, 9.17) is 14.6 Å². The normalized spacial score (nSPS) is 13.0. The van der Waals surface area contributed by atoms with Gasteiger partial charge in [0.05, 0.1) is 24.5 Å². The Labute approximate surface area is 163 Å². The van der Waals surface area contributed by atoms with Crippen molar-refractivity contribution in [3.8, 4) is 11.5 Å². The lowest BCUT2D eigenvalue weighted by atomic mass is 9.98. The number of nitrogens with zero attached hydrogens (tertiary/aromatic N) is 2. The van der Waals surface area contributed by atoms with Crippen LogP contribution in [0, 0.1) is 6.92 Å². The number of hydrogen-bond donors (Lipinski definition) is 1. The first-order chi connectivity index (χ1) is 13.4. The molecule has 1 aromatic carbocycles. The summed E-state index contributed by atoms with van der Waals surface area (Å²) >= 11 is 0. The molecule has 0 saturated heterocycles. The highest BCUT2D eigenvalue weighted by molar-refractivity contribution is 5.94. The molecule has 2 aromatic rings. The number of pyridine rings is 1. The van der Waals surface area contributed by atoms with Crippen LogP contribution < -0.4 is 9.47 Å². The lowest BCUT2D eigenvalue weighted by Gasteiger charge is -2.29. The van der Waals surface area contributed by atoms with Crippen LogP contribution in [-0.4, -0.2) is 46.6 Å². The van der Waals surface area contributed by atoms with E-state index >= 15 is 0 Å². The highest BCUT2D eigenvalue weighted by Crippen LogP contribution is 2.34. The average Bonchev–Trinajstić information content (AvgIpc) is 2.67. The Kier molecular flexibility index (Phi) is 5.82. The Morgan fingerprint density at radius 1 is 1.11 bits per heavy atom. The summed E-state index contributed by atoms with van der Waals surface area (Å²) in [6.07, 6.45) is 0.708. The Hall–Kier alpha value is -3.09. The van der Waals surface area contributed by atoms with Gasteiger partial charge in [-0.15, -0.1) is 0 Å². The van der Waals surface area contributed by atoms with Crippen LogP contribution in [0.1, 0.15) is 51.5 Å². The Balaban J connectivity index is 1.84. The first-order valence-electron chi connectivity index (χ1n) is 9.36. The molecule has 0 saturated carbocycles. The van der Waals surface area contributed by atoms with Gasteiger partial charge in [0.25, 0.3) is 5.91 Å². The van der Waals surface area contributed by atoms with Crippen molar-refractivity contribution in [1.29, 1.82) is 0 Å². The molecule has 0 aliphatic carbocycles. The number of carboxylic acids is 1. The smallest absolute Gasteiger partial charge is 0.337 e. The lowest BCUT2D eigenvalue weighted by molar-refractivity contribution is 0.0689. The molecule has 2 heterocycles. The van der Waals surface area contributed by atoms with Crippen molar-refractivity contribution < 1.29 is 24.2 Å². The van der Waals surface area contributed by atoms with Gasteiger partial charge in [-0.25, -0.2) is 9.78 Å². The maximum atomic E-state index is 12.9. The van der Waals surface area contributed by atoms with Gasteiger partial charge >= 0.3 is 5.97 Å². The molecule has 0 radical (unpaired) electrons. The SMILES string of the molecule is CCOc1cc2c(cc1OCC)CN(C(=O)c1ccc(C(=O)O)c(C)n1)CC2. The molecule has 0 bridgehead atoms. The number of ether oxygens (including phenoxy) is 2. The van der Waals surface area contributed by atoms with Crippen molar-refractivity contribution in [3.63, 3.8) is 0 Å². The molecule has 7 heteroatoms. The first kappa shape index (κ1) is 19.7. The van der Waals surface area contributed by atoms with Crippen molar-refractivity contribution in [2.75, 3.05) is 19.8 Å². The maximum absolute atomic E-state index is 12.9. The van der Waals surface area contributed by atoms with Gasteiger partial charge in [0.2, 0.25) is 0 Å². The van der Waals surface area contributed by atoms with Gasteiger partial charge in [-0.3, -0.25) is 4.79 Å². The summed E-state index contributed by atoms with van der Waals surface area (Å²) in [5.41, 5.74) is 2.84. The van der Waals surface area contributed by atoms with E-state index in [-0.39, 0.29) is 17.2 Å². The summed E-state index contributed by atoms with van der Waals surface area (Å²) in [5, 5.41) is 9.13. The third kappa shape index (κ3) is 3.93. The molecule has 1 N–H and O–H groups in total. The zero-order valence-electron chi connectivity index (χ0n) is 16.3. The summed E-state index contributed by atoms with van der Waals surface area (Å²) in [6.45, 7) is 7.53. The van der Waals surface area contributed by atoms with Crippen LogP contribution in [0.2, 0.25) is 0 Å². The molecule has 1 aromatic heterocycles. The Morgan fingerprint density at radius 3 is 2.32 bits per heavy atom. The molecule has 0 fully saturated rings. The summed E-state index contributed by atoms with van der Waals surface area (Å²) in [7, 11) is 0. The van der Waals surface area contributed by atoms with E-state index < -0.39 is 5.97 Å². The number of carboxylic acid groups (broad SMARTS) is 1. The van der Waals surface area contributed by atoms with Crippen molar-refractivity contribution in [3.05, 3.63) is 52.3 Å². The zero-order valence-corrected chi connectivity index (χ0v) is 16.3. The van der Waals surface area contributed by atoms with E-state index in [9.17, 15) is 9.59 Å². The second-order valence-corrected chi connectivity index (χ2v) is 6.55. The van der Waals surface area contributed by atoms with Gasteiger partial charge in [-0.2, -0.15) is 0 Å². The molecule has 7 nitrogen and oxygen atoms in total. The molecule has 3 rings (SSSR count). The molecule has 0 atom stereocenters.